The molecule has 3 unspecified atom stereocenters. The second kappa shape index (κ2) is 3.47. The predicted octanol–water partition coefficient (Wildman–Crippen LogP) is -2.06. The summed E-state index contributed by atoms with van der Waals surface area (Å²) < 4.78 is 0. The van der Waals surface area contributed by atoms with Crippen LogP contribution in [0.3, 0.4) is 0 Å². The molecule has 0 aromatic rings. The Balaban J connectivity index is 2.18. The van der Waals surface area contributed by atoms with Gasteiger partial charge < -0.3 is 5.32 Å². The Hall–Kier alpha value is -1.27. The van der Waals surface area contributed by atoms with Gasteiger partial charge in [0.25, 0.3) is 0 Å². The first-order chi connectivity index (χ1) is 6.74. The fraction of sp³-hybridized carbons (Fsp3) is 0.625. The number of aldehydes is 1. The normalized spacial score (nSPS) is 36.2. The van der Waals surface area contributed by atoms with E-state index in [1.165, 1.54) is 0 Å². The molecule has 14 heavy (non-hydrogen) atoms. The third kappa shape index (κ3) is 1.32. The van der Waals surface area contributed by atoms with Crippen molar-refractivity contribution in [3.63, 3.8) is 0 Å². The molecule has 0 aliphatic carbocycles. The van der Waals surface area contributed by atoms with Gasteiger partial charge in [0.1, 0.15) is 12.2 Å². The Morgan fingerprint density at radius 3 is 3.21 bits per heavy atom. The van der Waals surface area contributed by atoms with E-state index in [1.54, 1.807) is 18.3 Å². The number of aliphatic imine (C=N–C) groups is 1. The highest BCUT2D eigenvalue weighted by Crippen LogP contribution is 2.15. The molecule has 6 nitrogen and oxygen atoms in total. The highest BCUT2D eigenvalue weighted by Gasteiger charge is 2.41. The smallest absolute Gasteiger partial charge is 0.214 e. The molecule has 2 N–H and O–H groups in total. The van der Waals surface area contributed by atoms with Crippen molar-refractivity contribution < 1.29 is 9.59 Å². The molecule has 0 saturated carbocycles. The first kappa shape index (κ1) is 9.29. The highest BCUT2D eigenvalue weighted by atomic mass is 16.2. The first-order valence-electron chi connectivity index (χ1n) is 4.44. The lowest BCUT2D eigenvalue weighted by molar-refractivity contribution is -0.134. The molecule has 0 spiro atoms. The molecule has 0 aromatic carbocycles. The zero-order valence-electron chi connectivity index (χ0n) is 7.80. The third-order valence-electron chi connectivity index (χ3n) is 2.61. The Kier molecular flexibility index (Phi) is 2.30. The van der Waals surface area contributed by atoms with Gasteiger partial charge in [-0.05, 0) is 7.05 Å². The van der Waals surface area contributed by atoms with Crippen molar-refractivity contribution in [1.29, 1.82) is 0 Å². The van der Waals surface area contributed by atoms with Crippen LogP contribution in [0.5, 0.6) is 0 Å². The molecule has 76 valence electrons. The van der Waals surface area contributed by atoms with E-state index in [9.17, 15) is 9.59 Å². The molecule has 3 atom stereocenters. The summed E-state index contributed by atoms with van der Waals surface area (Å²) in [5.41, 5.74) is 0. The fourth-order valence-corrected chi connectivity index (χ4v) is 1.91. The summed E-state index contributed by atoms with van der Waals surface area (Å²) in [6.45, 7) is 0.560. The van der Waals surface area contributed by atoms with E-state index < -0.39 is 11.8 Å². The van der Waals surface area contributed by atoms with Crippen LogP contribution in [0.4, 0.5) is 0 Å². The van der Waals surface area contributed by atoms with Gasteiger partial charge in [0, 0.05) is 0 Å². The Morgan fingerprint density at radius 2 is 2.50 bits per heavy atom. The number of likely N-dealkylation sites (N-methyl/N-ethyl adjacent to an activating group) is 1. The van der Waals surface area contributed by atoms with Gasteiger partial charge in [-0.1, -0.05) is 0 Å². The highest BCUT2D eigenvalue weighted by molar-refractivity contribution is 6.27. The van der Waals surface area contributed by atoms with Crippen LogP contribution in [0.2, 0.25) is 0 Å². The number of Topliss-reactive ketones (excluding diaryl/α,β-unsaturated/α-hetero) is 1. The molecule has 2 heterocycles. The standard InChI is InChI=1S/C8H12N4O2/c1-12-4-11-8-6(9-3-10-8)7(12)5(14)2-13/h2-3,6-8,11H,4H2,1H3,(H,9,10). The maximum absolute atomic E-state index is 11.4. The summed E-state index contributed by atoms with van der Waals surface area (Å²) in [6.07, 6.45) is 1.86. The molecule has 6 heteroatoms. The number of ketones is 1. The van der Waals surface area contributed by atoms with Crippen molar-refractivity contribution in [2.45, 2.75) is 18.2 Å². The summed E-state index contributed by atoms with van der Waals surface area (Å²) in [6, 6.07) is -0.548. The Labute approximate surface area is 81.4 Å². The average Bonchev–Trinajstić information content (AvgIpc) is 2.64. The van der Waals surface area contributed by atoms with Crippen LogP contribution in [0.25, 0.3) is 0 Å². The van der Waals surface area contributed by atoms with E-state index in [4.69, 9.17) is 0 Å². The number of hydrogen-bond donors (Lipinski definition) is 2. The van der Waals surface area contributed by atoms with Gasteiger partial charge in [0.05, 0.1) is 19.0 Å². The van der Waals surface area contributed by atoms with Crippen molar-refractivity contribution in [3.05, 3.63) is 0 Å². The number of nitrogens with zero attached hydrogens (tertiary/aromatic N) is 2. The number of hydrogen-bond acceptors (Lipinski definition) is 6. The van der Waals surface area contributed by atoms with Gasteiger partial charge >= 0.3 is 0 Å². The number of nitrogens with one attached hydrogen (secondary N) is 2. The topological polar surface area (TPSA) is 73.8 Å². The van der Waals surface area contributed by atoms with Crippen molar-refractivity contribution in [2.24, 2.45) is 4.99 Å². The van der Waals surface area contributed by atoms with Crippen LogP contribution in [0, 0.1) is 0 Å². The Morgan fingerprint density at radius 1 is 1.71 bits per heavy atom. The van der Waals surface area contributed by atoms with Crippen molar-refractivity contribution >= 4 is 18.4 Å². The lowest BCUT2D eigenvalue weighted by atomic mass is 9.99. The molecular formula is C8H12N4O2. The average molecular weight is 196 g/mol. The van der Waals surface area contributed by atoms with Crippen LogP contribution < -0.4 is 10.6 Å². The van der Waals surface area contributed by atoms with Gasteiger partial charge in [-0.3, -0.25) is 24.8 Å². The van der Waals surface area contributed by atoms with Crippen molar-refractivity contribution in [1.82, 2.24) is 15.5 Å². The van der Waals surface area contributed by atoms with E-state index in [1.807, 2.05) is 0 Å². The fourth-order valence-electron chi connectivity index (χ4n) is 1.91. The second-order valence-corrected chi connectivity index (χ2v) is 3.50. The van der Waals surface area contributed by atoms with Gasteiger partial charge in [0.2, 0.25) is 5.78 Å². The quantitative estimate of drug-likeness (QED) is 0.392. The summed E-state index contributed by atoms with van der Waals surface area (Å²) >= 11 is 0. The minimum Gasteiger partial charge on any atom is -0.368 e. The maximum Gasteiger partial charge on any atom is 0.214 e. The summed E-state index contributed by atoms with van der Waals surface area (Å²) in [5, 5.41) is 6.12. The molecule has 0 aromatic heterocycles. The molecule has 0 radical (unpaired) electrons. The molecule has 2 rings (SSSR count). The zero-order valence-corrected chi connectivity index (χ0v) is 7.80. The summed E-state index contributed by atoms with van der Waals surface area (Å²) in [7, 11) is 1.80. The largest absolute Gasteiger partial charge is 0.368 e. The van der Waals surface area contributed by atoms with E-state index in [-0.39, 0.29) is 12.2 Å². The molecule has 1 fully saturated rings. The van der Waals surface area contributed by atoms with Gasteiger partial charge in [-0.15, -0.1) is 0 Å². The van der Waals surface area contributed by atoms with Crippen LogP contribution in [0.1, 0.15) is 0 Å². The summed E-state index contributed by atoms with van der Waals surface area (Å²) in [4.78, 5) is 27.8. The second-order valence-electron chi connectivity index (χ2n) is 3.50. The molecule has 0 bridgehead atoms. The van der Waals surface area contributed by atoms with Crippen LogP contribution in [-0.4, -0.2) is 55.3 Å². The molecule has 0 amide bonds. The van der Waals surface area contributed by atoms with E-state index in [0.717, 1.165) is 0 Å². The predicted molar refractivity (Wildman–Crippen MR) is 49.8 cm³/mol. The minimum atomic E-state index is -0.416. The molecule has 2 aliphatic heterocycles. The van der Waals surface area contributed by atoms with Gasteiger partial charge in [-0.2, -0.15) is 0 Å². The lowest BCUT2D eigenvalue weighted by Gasteiger charge is -2.38. The van der Waals surface area contributed by atoms with E-state index in [0.29, 0.717) is 13.0 Å². The Bertz CT molecular complexity index is 291. The monoisotopic (exact) mass is 196 g/mol. The number of rotatable bonds is 2. The van der Waals surface area contributed by atoms with Crippen molar-refractivity contribution in [3.8, 4) is 0 Å². The minimum absolute atomic E-state index is 0.0971. The molecular weight excluding hydrogens is 184 g/mol. The molecule has 1 saturated heterocycles. The van der Waals surface area contributed by atoms with Crippen LogP contribution in [0.15, 0.2) is 4.99 Å². The lowest BCUT2D eigenvalue weighted by Crippen LogP contribution is -2.65. The van der Waals surface area contributed by atoms with Crippen LogP contribution >= 0.6 is 0 Å². The van der Waals surface area contributed by atoms with Gasteiger partial charge in [-0.25, -0.2) is 0 Å². The third-order valence-corrected chi connectivity index (χ3v) is 2.61. The van der Waals surface area contributed by atoms with Gasteiger partial charge in [0.15, 0.2) is 6.29 Å². The van der Waals surface area contributed by atoms with E-state index >= 15 is 0 Å². The SMILES string of the molecule is CN1CNC2N=CNC2C1C(=O)C=O. The first-order valence-corrected chi connectivity index (χ1v) is 4.44. The van der Waals surface area contributed by atoms with E-state index in [2.05, 4.69) is 15.6 Å². The zero-order chi connectivity index (χ0) is 10.1. The summed E-state index contributed by atoms with van der Waals surface area (Å²) in [5.74, 6) is -0.401. The molecule has 2 aliphatic rings. The number of carbonyl (C=O) groups excluding carboxylic acids is 2. The number of fused-ring (bicyclic) bond motifs is 1. The van der Waals surface area contributed by atoms with Crippen molar-refractivity contribution in [2.75, 3.05) is 13.7 Å². The maximum atomic E-state index is 11.4. The van der Waals surface area contributed by atoms with Crippen LogP contribution in [-0.2, 0) is 9.59 Å². The number of carbonyl (C=O) groups is 2.